The summed E-state index contributed by atoms with van der Waals surface area (Å²) in [5.41, 5.74) is 2.00. The predicted octanol–water partition coefficient (Wildman–Crippen LogP) is 3.24. The molecule has 6 heteroatoms. The number of ether oxygens (including phenoxy) is 1. The summed E-state index contributed by atoms with van der Waals surface area (Å²) >= 11 is 0. The van der Waals surface area contributed by atoms with E-state index in [4.69, 9.17) is 0 Å². The second kappa shape index (κ2) is 7.40. The molecule has 2 N–H and O–H groups in total. The number of carbonyl (C=O) groups excluding carboxylic acids is 2. The quantitative estimate of drug-likeness (QED) is 0.851. The summed E-state index contributed by atoms with van der Waals surface area (Å²) in [5.74, 6) is -0.864. The highest BCUT2D eigenvalue weighted by atomic mass is 19.1. The summed E-state index contributed by atoms with van der Waals surface area (Å²) in [6.07, 6.45) is 0. The molecule has 0 aromatic heterocycles. The van der Waals surface area contributed by atoms with Crippen molar-refractivity contribution in [1.29, 1.82) is 0 Å². The standard InChI is InChI=1S/C17H17FN2O3/c1-11-7-8-12(16(21)23-2)9-15(11)20-17(22)19-10-13-5-3-4-6-14(13)18/h3-9H,10H2,1-2H3,(H2,19,20,22). The van der Waals surface area contributed by atoms with Crippen molar-refractivity contribution in [1.82, 2.24) is 5.32 Å². The van der Waals surface area contributed by atoms with Crippen LogP contribution < -0.4 is 10.6 Å². The van der Waals surface area contributed by atoms with Gasteiger partial charge in [-0.25, -0.2) is 14.0 Å². The predicted molar refractivity (Wildman–Crippen MR) is 84.8 cm³/mol. The Morgan fingerprint density at radius 1 is 1.17 bits per heavy atom. The largest absolute Gasteiger partial charge is 0.465 e. The van der Waals surface area contributed by atoms with Gasteiger partial charge in [0.05, 0.1) is 12.7 Å². The summed E-state index contributed by atoms with van der Waals surface area (Å²) in [6, 6.07) is 10.6. The summed E-state index contributed by atoms with van der Waals surface area (Å²) in [5, 5.41) is 5.21. The van der Waals surface area contributed by atoms with Gasteiger partial charge in [0.15, 0.2) is 0 Å². The normalized spacial score (nSPS) is 10.0. The van der Waals surface area contributed by atoms with Crippen molar-refractivity contribution in [3.63, 3.8) is 0 Å². The summed E-state index contributed by atoms with van der Waals surface area (Å²) in [7, 11) is 1.29. The van der Waals surface area contributed by atoms with Crippen LogP contribution in [0.4, 0.5) is 14.9 Å². The molecule has 0 aliphatic carbocycles. The van der Waals surface area contributed by atoms with Crippen molar-refractivity contribution >= 4 is 17.7 Å². The van der Waals surface area contributed by atoms with Gasteiger partial charge in [0.1, 0.15) is 5.82 Å². The van der Waals surface area contributed by atoms with Crippen LogP contribution in [-0.4, -0.2) is 19.1 Å². The lowest BCUT2D eigenvalue weighted by atomic mass is 10.1. The zero-order valence-corrected chi connectivity index (χ0v) is 12.9. The fourth-order valence-corrected chi connectivity index (χ4v) is 1.99. The van der Waals surface area contributed by atoms with Crippen molar-refractivity contribution in [2.45, 2.75) is 13.5 Å². The average molecular weight is 316 g/mol. The molecule has 0 heterocycles. The zero-order chi connectivity index (χ0) is 16.8. The molecule has 120 valence electrons. The van der Waals surface area contributed by atoms with Gasteiger partial charge in [-0.3, -0.25) is 0 Å². The number of urea groups is 1. The first-order valence-corrected chi connectivity index (χ1v) is 6.98. The first-order valence-electron chi connectivity index (χ1n) is 6.98. The highest BCUT2D eigenvalue weighted by Crippen LogP contribution is 2.17. The topological polar surface area (TPSA) is 67.4 Å². The van der Waals surface area contributed by atoms with Crippen LogP contribution in [-0.2, 0) is 11.3 Å². The van der Waals surface area contributed by atoms with Gasteiger partial charge in [-0.15, -0.1) is 0 Å². The third kappa shape index (κ3) is 4.29. The van der Waals surface area contributed by atoms with E-state index in [1.54, 1.807) is 37.3 Å². The second-order valence-corrected chi connectivity index (χ2v) is 4.92. The van der Waals surface area contributed by atoms with Crippen LogP contribution in [0.2, 0.25) is 0 Å². The number of benzene rings is 2. The molecule has 0 aliphatic rings. The molecule has 0 spiro atoms. The van der Waals surface area contributed by atoms with E-state index in [9.17, 15) is 14.0 Å². The van der Waals surface area contributed by atoms with Gasteiger partial charge in [0.2, 0.25) is 0 Å². The van der Waals surface area contributed by atoms with E-state index in [1.165, 1.54) is 19.2 Å². The fourth-order valence-electron chi connectivity index (χ4n) is 1.99. The van der Waals surface area contributed by atoms with Gasteiger partial charge in [-0.2, -0.15) is 0 Å². The molecule has 0 radical (unpaired) electrons. The number of carbonyl (C=O) groups is 2. The molecule has 0 aliphatic heterocycles. The Labute approximate surface area is 133 Å². The molecule has 0 bridgehead atoms. The molecule has 0 saturated heterocycles. The number of hydrogen-bond donors (Lipinski definition) is 2. The van der Waals surface area contributed by atoms with Gasteiger partial charge in [0.25, 0.3) is 0 Å². The smallest absolute Gasteiger partial charge is 0.337 e. The Bertz CT molecular complexity index is 732. The van der Waals surface area contributed by atoms with Crippen LogP contribution in [0.1, 0.15) is 21.5 Å². The Morgan fingerprint density at radius 3 is 2.61 bits per heavy atom. The number of aryl methyl sites for hydroxylation is 1. The molecular weight excluding hydrogens is 299 g/mol. The van der Waals surface area contributed by atoms with Crippen LogP contribution >= 0.6 is 0 Å². The van der Waals surface area contributed by atoms with E-state index in [1.807, 2.05) is 0 Å². The monoisotopic (exact) mass is 316 g/mol. The minimum Gasteiger partial charge on any atom is -0.465 e. The Hall–Kier alpha value is -2.89. The number of nitrogens with one attached hydrogen (secondary N) is 2. The molecule has 0 atom stereocenters. The van der Waals surface area contributed by atoms with Gasteiger partial charge in [-0.05, 0) is 30.7 Å². The lowest BCUT2D eigenvalue weighted by Crippen LogP contribution is -2.29. The Morgan fingerprint density at radius 2 is 1.91 bits per heavy atom. The molecule has 0 unspecified atom stereocenters. The van der Waals surface area contributed by atoms with Crippen LogP contribution in [0.25, 0.3) is 0 Å². The molecule has 23 heavy (non-hydrogen) atoms. The molecule has 5 nitrogen and oxygen atoms in total. The third-order valence-corrected chi connectivity index (χ3v) is 3.30. The first kappa shape index (κ1) is 16.5. The van der Waals surface area contributed by atoms with Gasteiger partial charge < -0.3 is 15.4 Å². The maximum absolute atomic E-state index is 13.5. The maximum Gasteiger partial charge on any atom is 0.337 e. The van der Waals surface area contributed by atoms with E-state index in [0.717, 1.165) is 5.56 Å². The van der Waals surface area contributed by atoms with Gasteiger partial charge in [-0.1, -0.05) is 24.3 Å². The number of esters is 1. The van der Waals surface area contributed by atoms with Crippen LogP contribution in [0, 0.1) is 12.7 Å². The second-order valence-electron chi connectivity index (χ2n) is 4.92. The zero-order valence-electron chi connectivity index (χ0n) is 12.9. The van der Waals surface area contributed by atoms with E-state index in [0.29, 0.717) is 16.8 Å². The van der Waals surface area contributed by atoms with Crippen LogP contribution in [0.15, 0.2) is 42.5 Å². The Kier molecular flexibility index (Phi) is 5.30. The number of amides is 2. The molecule has 2 rings (SSSR count). The number of methoxy groups -OCH3 is 1. The minimum absolute atomic E-state index is 0.0637. The maximum atomic E-state index is 13.5. The molecular formula is C17H17FN2O3. The molecule has 2 amide bonds. The molecule has 0 saturated carbocycles. The SMILES string of the molecule is COC(=O)c1ccc(C)c(NC(=O)NCc2ccccc2F)c1. The molecule has 2 aromatic rings. The van der Waals surface area contributed by atoms with Crippen molar-refractivity contribution in [3.8, 4) is 0 Å². The van der Waals surface area contributed by atoms with E-state index in [-0.39, 0.29) is 12.4 Å². The fraction of sp³-hybridized carbons (Fsp3) is 0.176. The number of halogens is 1. The van der Waals surface area contributed by atoms with E-state index >= 15 is 0 Å². The van der Waals surface area contributed by atoms with Crippen molar-refractivity contribution in [2.75, 3.05) is 12.4 Å². The number of rotatable bonds is 4. The Balaban J connectivity index is 2.02. The minimum atomic E-state index is -0.488. The lowest BCUT2D eigenvalue weighted by Gasteiger charge is -2.11. The summed E-state index contributed by atoms with van der Waals surface area (Å²) in [4.78, 5) is 23.5. The van der Waals surface area contributed by atoms with Crippen molar-refractivity contribution in [2.24, 2.45) is 0 Å². The van der Waals surface area contributed by atoms with Crippen LogP contribution in [0.3, 0.4) is 0 Å². The first-order chi connectivity index (χ1) is 11.0. The molecule has 0 fully saturated rings. The van der Waals surface area contributed by atoms with Gasteiger partial charge in [0, 0.05) is 17.8 Å². The highest BCUT2D eigenvalue weighted by Gasteiger charge is 2.10. The van der Waals surface area contributed by atoms with Crippen LogP contribution in [0.5, 0.6) is 0 Å². The third-order valence-electron chi connectivity index (χ3n) is 3.30. The van der Waals surface area contributed by atoms with Crippen molar-refractivity contribution in [3.05, 3.63) is 65.0 Å². The van der Waals surface area contributed by atoms with Crippen molar-refractivity contribution < 1.29 is 18.7 Å². The summed E-state index contributed by atoms with van der Waals surface area (Å²) < 4.78 is 18.1. The highest BCUT2D eigenvalue weighted by molar-refractivity contribution is 5.94. The lowest BCUT2D eigenvalue weighted by molar-refractivity contribution is 0.0600. The number of hydrogen-bond acceptors (Lipinski definition) is 3. The average Bonchev–Trinajstić information content (AvgIpc) is 2.55. The summed E-state index contributed by atoms with van der Waals surface area (Å²) in [6.45, 7) is 1.86. The van der Waals surface area contributed by atoms with E-state index in [2.05, 4.69) is 15.4 Å². The number of anilines is 1. The molecule has 2 aromatic carbocycles. The van der Waals surface area contributed by atoms with E-state index < -0.39 is 12.0 Å². The van der Waals surface area contributed by atoms with Gasteiger partial charge >= 0.3 is 12.0 Å².